The van der Waals surface area contributed by atoms with E-state index in [0.717, 1.165) is 18.8 Å². The Balaban J connectivity index is 3.07. The second-order valence-corrected chi connectivity index (χ2v) is 6.50. The zero-order valence-corrected chi connectivity index (χ0v) is 14.5. The summed E-state index contributed by atoms with van der Waals surface area (Å²) in [6.45, 7) is 4.63. The van der Waals surface area contributed by atoms with Gasteiger partial charge >= 0.3 is 5.97 Å². The summed E-state index contributed by atoms with van der Waals surface area (Å²) in [7, 11) is 0. The molecule has 1 N–H and O–H groups in total. The van der Waals surface area contributed by atoms with E-state index >= 15 is 0 Å². The summed E-state index contributed by atoms with van der Waals surface area (Å²) in [5, 5.41) is 8.53. The van der Waals surface area contributed by atoms with E-state index in [1.54, 1.807) is 0 Å². The lowest BCUT2D eigenvalue weighted by Gasteiger charge is -2.11. The predicted octanol–water partition coefficient (Wildman–Crippen LogP) is 6.58. The van der Waals surface area contributed by atoms with Crippen molar-refractivity contribution in [2.75, 3.05) is 0 Å². The Hall–Kier alpha value is -0.530. The summed E-state index contributed by atoms with van der Waals surface area (Å²) in [4.78, 5) is 10.4. The van der Waals surface area contributed by atoms with Gasteiger partial charge in [-0.2, -0.15) is 0 Å². The Morgan fingerprint density at radius 2 is 1.10 bits per heavy atom. The van der Waals surface area contributed by atoms with Crippen LogP contribution in [-0.2, 0) is 4.79 Å². The molecule has 0 aromatic rings. The maximum atomic E-state index is 10.4. The lowest BCUT2D eigenvalue weighted by molar-refractivity contribution is -0.137. The van der Waals surface area contributed by atoms with Gasteiger partial charge in [-0.3, -0.25) is 4.79 Å². The summed E-state index contributed by atoms with van der Waals surface area (Å²) in [5.41, 5.74) is 0. The van der Waals surface area contributed by atoms with E-state index in [-0.39, 0.29) is 0 Å². The van der Waals surface area contributed by atoms with E-state index in [1.165, 1.54) is 77.0 Å². The molecule has 126 valence electrons. The van der Waals surface area contributed by atoms with Gasteiger partial charge < -0.3 is 5.11 Å². The van der Waals surface area contributed by atoms with Crippen LogP contribution in [0, 0.1) is 5.92 Å². The highest BCUT2D eigenvalue weighted by Gasteiger charge is 2.02. The van der Waals surface area contributed by atoms with Crippen LogP contribution in [0.25, 0.3) is 0 Å². The molecule has 0 aromatic heterocycles. The number of aliphatic carboxylic acids is 1. The van der Waals surface area contributed by atoms with Crippen molar-refractivity contribution in [2.24, 2.45) is 5.92 Å². The summed E-state index contributed by atoms with van der Waals surface area (Å²) >= 11 is 0. The zero-order chi connectivity index (χ0) is 15.8. The fraction of sp³-hybridized carbons (Fsp3) is 0.947. The standard InChI is InChI=1S/C19H38O2/c1-3-18(4-2)16-14-12-10-8-6-5-7-9-11-13-15-17-19(20)21/h18H,3-17H2,1-2H3,(H,20,21). The van der Waals surface area contributed by atoms with Gasteiger partial charge in [-0.25, -0.2) is 0 Å². The first-order chi connectivity index (χ1) is 10.2. The third-order valence-corrected chi connectivity index (χ3v) is 4.66. The van der Waals surface area contributed by atoms with Gasteiger partial charge in [0, 0.05) is 6.42 Å². The second-order valence-electron chi connectivity index (χ2n) is 6.50. The van der Waals surface area contributed by atoms with Crippen molar-refractivity contribution < 1.29 is 9.90 Å². The molecule has 0 atom stereocenters. The molecular formula is C19H38O2. The third-order valence-electron chi connectivity index (χ3n) is 4.66. The van der Waals surface area contributed by atoms with Crippen LogP contribution in [0.3, 0.4) is 0 Å². The van der Waals surface area contributed by atoms with Crippen LogP contribution in [0.15, 0.2) is 0 Å². The van der Waals surface area contributed by atoms with Crippen LogP contribution in [-0.4, -0.2) is 11.1 Å². The Bertz CT molecular complexity index is 222. The van der Waals surface area contributed by atoms with E-state index in [0.29, 0.717) is 6.42 Å². The maximum Gasteiger partial charge on any atom is 0.303 e. The van der Waals surface area contributed by atoms with Gasteiger partial charge in [0.2, 0.25) is 0 Å². The Labute approximate surface area is 132 Å². The molecule has 0 saturated carbocycles. The molecule has 0 aliphatic heterocycles. The van der Waals surface area contributed by atoms with Crippen LogP contribution < -0.4 is 0 Å². The molecule has 2 heteroatoms. The topological polar surface area (TPSA) is 37.3 Å². The minimum absolute atomic E-state index is 0.344. The molecule has 2 nitrogen and oxygen atoms in total. The van der Waals surface area contributed by atoms with Gasteiger partial charge in [-0.1, -0.05) is 97.3 Å². The summed E-state index contributed by atoms with van der Waals surface area (Å²) in [6, 6.07) is 0. The average molecular weight is 299 g/mol. The lowest BCUT2D eigenvalue weighted by atomic mass is 9.95. The highest BCUT2D eigenvalue weighted by molar-refractivity contribution is 5.66. The van der Waals surface area contributed by atoms with Crippen molar-refractivity contribution >= 4 is 5.97 Å². The molecule has 0 amide bonds. The normalized spacial score (nSPS) is 11.2. The van der Waals surface area contributed by atoms with Gasteiger partial charge in [0.25, 0.3) is 0 Å². The lowest BCUT2D eigenvalue weighted by Crippen LogP contribution is -1.96. The Morgan fingerprint density at radius 1 is 0.714 bits per heavy atom. The van der Waals surface area contributed by atoms with Crippen molar-refractivity contribution in [3.63, 3.8) is 0 Å². The number of hydrogen-bond donors (Lipinski definition) is 1. The summed E-state index contributed by atoms with van der Waals surface area (Å²) in [5.74, 6) is 0.310. The van der Waals surface area contributed by atoms with E-state index in [9.17, 15) is 4.79 Å². The smallest absolute Gasteiger partial charge is 0.303 e. The molecule has 0 aliphatic carbocycles. The fourth-order valence-electron chi connectivity index (χ4n) is 3.00. The van der Waals surface area contributed by atoms with Crippen LogP contribution >= 0.6 is 0 Å². The number of carboxylic acids is 1. The van der Waals surface area contributed by atoms with Crippen LogP contribution in [0.2, 0.25) is 0 Å². The Kier molecular flexibility index (Phi) is 15.5. The number of unbranched alkanes of at least 4 members (excludes halogenated alkanes) is 10. The number of carboxylic acid groups (broad SMARTS) is 1. The molecule has 0 unspecified atom stereocenters. The van der Waals surface area contributed by atoms with Gasteiger partial charge in [-0.15, -0.1) is 0 Å². The molecule has 0 heterocycles. The summed E-state index contributed by atoms with van der Waals surface area (Å²) in [6.07, 6.45) is 18.7. The molecule has 0 spiro atoms. The van der Waals surface area contributed by atoms with Gasteiger partial charge in [0.15, 0.2) is 0 Å². The monoisotopic (exact) mass is 298 g/mol. The van der Waals surface area contributed by atoms with E-state index in [2.05, 4.69) is 13.8 Å². The molecule has 0 aliphatic rings. The van der Waals surface area contributed by atoms with Crippen LogP contribution in [0.4, 0.5) is 0 Å². The number of carbonyl (C=O) groups is 1. The van der Waals surface area contributed by atoms with Gasteiger partial charge in [0.1, 0.15) is 0 Å². The highest BCUT2D eigenvalue weighted by atomic mass is 16.4. The average Bonchev–Trinajstić information content (AvgIpc) is 2.47. The minimum Gasteiger partial charge on any atom is -0.481 e. The Morgan fingerprint density at radius 3 is 1.48 bits per heavy atom. The largest absolute Gasteiger partial charge is 0.481 e. The predicted molar refractivity (Wildman–Crippen MR) is 91.7 cm³/mol. The minimum atomic E-state index is -0.654. The van der Waals surface area contributed by atoms with E-state index < -0.39 is 5.97 Å². The molecule has 0 aromatic carbocycles. The number of hydrogen-bond acceptors (Lipinski definition) is 1. The molecular weight excluding hydrogens is 260 g/mol. The molecule has 0 radical (unpaired) electrons. The third kappa shape index (κ3) is 15.7. The second kappa shape index (κ2) is 15.9. The van der Waals surface area contributed by atoms with Crippen LogP contribution in [0.5, 0.6) is 0 Å². The van der Waals surface area contributed by atoms with Gasteiger partial charge in [-0.05, 0) is 12.3 Å². The number of rotatable bonds is 16. The molecule has 0 saturated heterocycles. The van der Waals surface area contributed by atoms with Crippen molar-refractivity contribution in [1.82, 2.24) is 0 Å². The first-order valence-corrected chi connectivity index (χ1v) is 9.42. The van der Waals surface area contributed by atoms with Crippen molar-refractivity contribution in [1.29, 1.82) is 0 Å². The molecule has 0 bridgehead atoms. The molecule has 21 heavy (non-hydrogen) atoms. The van der Waals surface area contributed by atoms with Gasteiger partial charge in [0.05, 0.1) is 0 Å². The fourth-order valence-corrected chi connectivity index (χ4v) is 3.00. The first kappa shape index (κ1) is 20.5. The SMILES string of the molecule is CCC(CC)CCCCCCCCCCCCCC(=O)O. The van der Waals surface area contributed by atoms with Crippen molar-refractivity contribution in [3.8, 4) is 0 Å². The highest BCUT2D eigenvalue weighted by Crippen LogP contribution is 2.18. The quantitative estimate of drug-likeness (QED) is 0.327. The van der Waals surface area contributed by atoms with E-state index in [1.807, 2.05) is 0 Å². The van der Waals surface area contributed by atoms with Crippen molar-refractivity contribution in [3.05, 3.63) is 0 Å². The zero-order valence-electron chi connectivity index (χ0n) is 14.5. The molecule has 0 fully saturated rings. The first-order valence-electron chi connectivity index (χ1n) is 9.42. The summed E-state index contributed by atoms with van der Waals surface area (Å²) < 4.78 is 0. The maximum absolute atomic E-state index is 10.4. The van der Waals surface area contributed by atoms with Crippen LogP contribution in [0.1, 0.15) is 110 Å². The van der Waals surface area contributed by atoms with Crippen molar-refractivity contribution in [2.45, 2.75) is 110 Å². The molecule has 0 rings (SSSR count). The van der Waals surface area contributed by atoms with E-state index in [4.69, 9.17) is 5.11 Å².